The fraction of sp³-hybridized carbons (Fsp3) is 0.400. The van der Waals surface area contributed by atoms with Gasteiger partial charge in [0.1, 0.15) is 11.4 Å². The molecule has 1 spiro atoms. The van der Waals surface area contributed by atoms with Gasteiger partial charge in [-0.1, -0.05) is 17.7 Å². The third-order valence-corrected chi connectivity index (χ3v) is 8.97. The number of nitrogens with zero attached hydrogens (tertiary/aromatic N) is 2. The zero-order valence-corrected chi connectivity index (χ0v) is 22.2. The number of halogens is 4. The number of aryl methyl sites for hydroxylation is 2. The first-order valence-corrected chi connectivity index (χ1v) is 13.8. The Balaban J connectivity index is 1.44. The average Bonchev–Trinajstić information content (AvgIpc) is 3.17. The first-order chi connectivity index (χ1) is 17.7. The fourth-order valence-corrected chi connectivity index (χ4v) is 6.36. The van der Waals surface area contributed by atoms with Crippen LogP contribution in [0.2, 0.25) is 5.02 Å². The van der Waals surface area contributed by atoms with Crippen molar-refractivity contribution in [3.63, 3.8) is 0 Å². The summed E-state index contributed by atoms with van der Waals surface area (Å²) < 4.78 is 67.0. The van der Waals surface area contributed by atoms with E-state index < -0.39 is 33.2 Å². The standard InChI is InChI=1S/C25H26ClF3N4O4S/c1-15-11-17(22(34)30-2)4-3-16(15)5-10-38(36,37)33-8-6-24(7-9-33)23(35)31-21(32-24)18-12-19(25(27,28)29)14-20(26)13-18/h3-4,11-14H,5-10H2,1-2H3,(H,30,34)(H,31,32,35). The molecule has 2 amide bonds. The minimum Gasteiger partial charge on any atom is -0.355 e. The molecule has 0 saturated carbocycles. The van der Waals surface area contributed by atoms with E-state index in [0.717, 1.165) is 23.3 Å². The number of alkyl halides is 3. The Morgan fingerprint density at radius 3 is 2.47 bits per heavy atom. The highest BCUT2D eigenvalue weighted by atomic mass is 35.5. The van der Waals surface area contributed by atoms with Crippen molar-refractivity contribution in [1.29, 1.82) is 0 Å². The van der Waals surface area contributed by atoms with Gasteiger partial charge in [0.05, 0.1) is 11.3 Å². The van der Waals surface area contributed by atoms with Crippen LogP contribution in [0.3, 0.4) is 0 Å². The predicted octanol–water partition coefficient (Wildman–Crippen LogP) is 3.31. The highest BCUT2D eigenvalue weighted by molar-refractivity contribution is 7.89. The quantitative estimate of drug-likeness (QED) is 0.555. The Labute approximate surface area is 223 Å². The van der Waals surface area contributed by atoms with Crippen molar-refractivity contribution in [2.45, 2.75) is 37.9 Å². The molecular weight excluding hydrogens is 545 g/mol. The zero-order chi connectivity index (χ0) is 27.9. The van der Waals surface area contributed by atoms with Gasteiger partial charge in [0.15, 0.2) is 0 Å². The topological polar surface area (TPSA) is 108 Å². The second kappa shape index (κ2) is 10.3. The van der Waals surface area contributed by atoms with E-state index in [1.807, 2.05) is 6.92 Å². The van der Waals surface area contributed by atoms with Crippen LogP contribution in [0, 0.1) is 6.92 Å². The van der Waals surface area contributed by atoms with Crippen LogP contribution in [0.1, 0.15) is 45.5 Å². The van der Waals surface area contributed by atoms with Crippen molar-refractivity contribution in [1.82, 2.24) is 14.9 Å². The molecule has 8 nitrogen and oxygen atoms in total. The molecule has 2 aromatic carbocycles. The summed E-state index contributed by atoms with van der Waals surface area (Å²) in [7, 11) is -2.12. The van der Waals surface area contributed by atoms with Crippen LogP contribution in [0.25, 0.3) is 0 Å². The largest absolute Gasteiger partial charge is 0.416 e. The van der Waals surface area contributed by atoms with Crippen LogP contribution in [-0.2, 0) is 27.4 Å². The summed E-state index contributed by atoms with van der Waals surface area (Å²) in [4.78, 5) is 29.0. The monoisotopic (exact) mass is 570 g/mol. The van der Waals surface area contributed by atoms with Crippen molar-refractivity contribution in [3.8, 4) is 0 Å². The maximum Gasteiger partial charge on any atom is 0.416 e. The highest BCUT2D eigenvalue weighted by Gasteiger charge is 2.47. The molecule has 1 fully saturated rings. The number of hydrogen-bond acceptors (Lipinski definition) is 5. The number of piperidine rings is 1. The zero-order valence-electron chi connectivity index (χ0n) is 20.7. The van der Waals surface area contributed by atoms with Gasteiger partial charge < -0.3 is 10.6 Å². The van der Waals surface area contributed by atoms with E-state index in [0.29, 0.717) is 5.56 Å². The van der Waals surface area contributed by atoms with Crippen LogP contribution in [0.4, 0.5) is 13.2 Å². The predicted molar refractivity (Wildman–Crippen MR) is 137 cm³/mol. The first kappa shape index (κ1) is 28.1. The van der Waals surface area contributed by atoms with Crippen LogP contribution in [0.15, 0.2) is 41.4 Å². The molecule has 0 aliphatic carbocycles. The molecule has 13 heteroatoms. The van der Waals surface area contributed by atoms with E-state index >= 15 is 0 Å². The minimum absolute atomic E-state index is 0.0185. The lowest BCUT2D eigenvalue weighted by atomic mass is 9.89. The number of rotatable bonds is 6. The fourth-order valence-electron chi connectivity index (χ4n) is 4.65. The number of hydrogen-bond donors (Lipinski definition) is 2. The molecule has 204 valence electrons. The van der Waals surface area contributed by atoms with Gasteiger partial charge in [-0.2, -0.15) is 13.2 Å². The number of aliphatic imine (C=N–C) groups is 1. The van der Waals surface area contributed by atoms with Crippen molar-refractivity contribution >= 4 is 39.3 Å². The summed E-state index contributed by atoms with van der Waals surface area (Å²) in [6.45, 7) is 1.90. The van der Waals surface area contributed by atoms with Crippen molar-refractivity contribution in [2.75, 3.05) is 25.9 Å². The lowest BCUT2D eigenvalue weighted by molar-refractivity contribution is -0.137. The first-order valence-electron chi connectivity index (χ1n) is 11.8. The lowest BCUT2D eigenvalue weighted by Gasteiger charge is -2.34. The third-order valence-electron chi connectivity index (χ3n) is 6.88. The molecule has 0 atom stereocenters. The van der Waals surface area contributed by atoms with Crippen molar-refractivity contribution in [3.05, 3.63) is 69.2 Å². The summed E-state index contributed by atoms with van der Waals surface area (Å²) in [5, 5.41) is 4.95. The molecule has 0 radical (unpaired) electrons. The second-order valence-corrected chi connectivity index (χ2v) is 11.9. The SMILES string of the molecule is CNC(=O)c1ccc(CCS(=O)(=O)N2CCC3(CC2)N=C(c2cc(Cl)cc(C(F)(F)F)c2)NC3=O)c(C)c1. The normalized spacial score (nSPS) is 17.8. The molecule has 38 heavy (non-hydrogen) atoms. The third kappa shape index (κ3) is 5.71. The van der Waals surface area contributed by atoms with Crippen molar-refractivity contribution in [2.24, 2.45) is 4.99 Å². The van der Waals surface area contributed by atoms with Gasteiger partial charge in [0.25, 0.3) is 11.8 Å². The Hall–Kier alpha value is -2.96. The number of carbonyl (C=O) groups excluding carboxylic acids is 2. The van der Waals surface area contributed by atoms with Crippen LogP contribution < -0.4 is 10.6 Å². The molecule has 0 aromatic heterocycles. The summed E-state index contributed by atoms with van der Waals surface area (Å²) in [5.74, 6) is -0.879. The van der Waals surface area contributed by atoms with Gasteiger partial charge in [0, 0.05) is 36.3 Å². The number of nitrogens with one attached hydrogen (secondary N) is 2. The minimum atomic E-state index is -4.62. The number of sulfonamides is 1. The Morgan fingerprint density at radius 1 is 1.18 bits per heavy atom. The van der Waals surface area contributed by atoms with Crippen molar-refractivity contribution < 1.29 is 31.2 Å². The van der Waals surface area contributed by atoms with E-state index in [2.05, 4.69) is 15.6 Å². The molecule has 2 aromatic rings. The molecular formula is C25H26ClF3N4O4S. The van der Waals surface area contributed by atoms with Crippen LogP contribution in [0.5, 0.6) is 0 Å². The highest BCUT2D eigenvalue weighted by Crippen LogP contribution is 2.35. The molecule has 2 N–H and O–H groups in total. The Bertz CT molecular complexity index is 1420. The van der Waals surface area contributed by atoms with Gasteiger partial charge in [-0.25, -0.2) is 12.7 Å². The number of carbonyl (C=O) groups is 2. The summed E-state index contributed by atoms with van der Waals surface area (Å²) >= 11 is 5.87. The number of amidine groups is 1. The van der Waals surface area contributed by atoms with Gasteiger partial charge in [-0.05, 0) is 67.6 Å². The van der Waals surface area contributed by atoms with E-state index in [-0.39, 0.29) is 60.4 Å². The molecule has 2 aliphatic rings. The van der Waals surface area contributed by atoms with E-state index in [4.69, 9.17) is 11.6 Å². The van der Waals surface area contributed by atoms with Gasteiger partial charge >= 0.3 is 6.18 Å². The second-order valence-electron chi connectivity index (χ2n) is 9.36. The molecule has 0 unspecified atom stereocenters. The van der Waals surface area contributed by atoms with Gasteiger partial charge in [0.2, 0.25) is 10.0 Å². The number of benzene rings is 2. The molecule has 2 aliphatic heterocycles. The Kier molecular flexibility index (Phi) is 7.61. The summed E-state index contributed by atoms with van der Waals surface area (Å²) in [6, 6.07) is 8.03. The maximum absolute atomic E-state index is 13.2. The molecule has 2 heterocycles. The van der Waals surface area contributed by atoms with Gasteiger partial charge in [-0.3, -0.25) is 14.6 Å². The van der Waals surface area contributed by atoms with Crippen LogP contribution >= 0.6 is 11.6 Å². The maximum atomic E-state index is 13.2. The Morgan fingerprint density at radius 2 is 1.87 bits per heavy atom. The molecule has 1 saturated heterocycles. The van der Waals surface area contributed by atoms with Crippen LogP contribution in [-0.4, -0.2) is 61.8 Å². The summed E-state index contributed by atoms with van der Waals surface area (Å²) in [5.41, 5.74) is -0.0915. The van der Waals surface area contributed by atoms with E-state index in [1.54, 1.807) is 18.2 Å². The number of amides is 2. The van der Waals surface area contributed by atoms with E-state index in [9.17, 15) is 31.2 Å². The lowest BCUT2D eigenvalue weighted by Crippen LogP contribution is -2.50. The average molecular weight is 571 g/mol. The summed E-state index contributed by atoms with van der Waals surface area (Å²) in [6.07, 6.45) is -4.18. The van der Waals surface area contributed by atoms with Gasteiger partial charge in [-0.15, -0.1) is 0 Å². The smallest absolute Gasteiger partial charge is 0.355 e. The van der Waals surface area contributed by atoms with E-state index in [1.165, 1.54) is 17.4 Å². The molecule has 0 bridgehead atoms. The molecule has 4 rings (SSSR count).